The molecule has 5 nitrogen and oxygen atoms in total. The summed E-state index contributed by atoms with van der Waals surface area (Å²) in [6, 6.07) is 0. The van der Waals surface area contributed by atoms with Crippen molar-refractivity contribution in [2.75, 3.05) is 12.5 Å². The van der Waals surface area contributed by atoms with Gasteiger partial charge in [-0.05, 0) is 0 Å². The summed E-state index contributed by atoms with van der Waals surface area (Å²) >= 11 is 0. The summed E-state index contributed by atoms with van der Waals surface area (Å²) in [5, 5.41) is 0. The van der Waals surface area contributed by atoms with Gasteiger partial charge in [-0.2, -0.15) is 0 Å². The molecule has 1 aromatic rings. The Morgan fingerprint density at radius 3 is 1.56 bits per heavy atom. The van der Waals surface area contributed by atoms with Crippen LogP contribution in [0.15, 0.2) is 18.7 Å². The summed E-state index contributed by atoms with van der Waals surface area (Å²) in [6.45, 7) is 0. The minimum atomic E-state index is -0.611. The first-order chi connectivity index (χ1) is 5.23. The van der Waals surface area contributed by atoms with Gasteiger partial charge in [0.05, 0.1) is 6.33 Å². The fourth-order valence-electron chi connectivity index (χ4n) is 0.215. The van der Waals surface area contributed by atoms with Crippen molar-refractivity contribution >= 4 is 10.8 Å². The minimum Gasteiger partial charge on any atom is -1.00 e. The van der Waals surface area contributed by atoms with Crippen molar-refractivity contribution in [3.8, 4) is 0 Å². The molecule has 0 saturated heterocycles. The third-order valence-electron chi connectivity index (χ3n) is 0.406. The molecule has 0 unspecified atom stereocenters. The first-order valence-corrected chi connectivity index (χ1v) is 4.56. The number of rotatable bonds is 0. The van der Waals surface area contributed by atoms with E-state index in [9.17, 15) is 4.21 Å². The summed E-state index contributed by atoms with van der Waals surface area (Å²) in [5.74, 6) is 0. The van der Waals surface area contributed by atoms with E-state index in [1.807, 2.05) is 0 Å². The van der Waals surface area contributed by atoms with E-state index < -0.39 is 10.8 Å². The van der Waals surface area contributed by atoms with Crippen LogP contribution >= 0.6 is 0 Å². The average molecular weight is 419 g/mol. The predicted octanol–water partition coefficient (Wildman–Crippen LogP) is -11.7. The van der Waals surface area contributed by atoms with E-state index in [1.165, 1.54) is 0 Å². The van der Waals surface area contributed by atoms with Crippen molar-refractivity contribution in [1.82, 2.24) is 9.97 Å². The number of aromatic nitrogens is 2. The molecule has 0 fully saturated rings. The number of aromatic amines is 1. The Labute approximate surface area is 135 Å². The number of imidazole rings is 1. The van der Waals surface area contributed by atoms with Crippen LogP contribution in [-0.2, 0) is 35.1 Å². The van der Waals surface area contributed by atoms with Crippen molar-refractivity contribution in [1.29, 1.82) is 5.46 Å². The standard InChI is InChI=1S/C3H4N2.C2H6OS.4ClH.NO.Ru/c1-2-5-3-4-1;1-4(2)3;;;;;1-2;/h1-3H,(H,4,5);1-2H3;4*1H;;/q;;;;;;+1;/p-4. The van der Waals surface area contributed by atoms with Crippen LogP contribution in [0.3, 0.4) is 0 Å². The first-order valence-electron chi connectivity index (χ1n) is 2.59. The van der Waals surface area contributed by atoms with E-state index in [0.29, 0.717) is 0 Å². The minimum absolute atomic E-state index is 0. The Balaban J connectivity index is -0.0000000140. The van der Waals surface area contributed by atoms with Gasteiger partial charge in [0.15, 0.2) is 0 Å². The molecule has 0 aliphatic carbocycles. The summed E-state index contributed by atoms with van der Waals surface area (Å²) in [7, 11) is -0.611. The van der Waals surface area contributed by atoms with Gasteiger partial charge < -0.3 is 54.6 Å². The fraction of sp³-hybridized carbons (Fsp3) is 0.400. The maximum atomic E-state index is 9.56. The molecule has 102 valence electrons. The summed E-state index contributed by atoms with van der Waals surface area (Å²) in [4.78, 5) is 6.42. The Bertz CT molecular complexity index is 182. The van der Waals surface area contributed by atoms with Gasteiger partial charge in [-0.25, -0.2) is 4.98 Å². The SMILES string of the molecule is CS(C)=O.N#[O+].[Cl-].[Cl-].[Cl-].[Cl-].[Ru].c1c[nH]cn1. The van der Waals surface area contributed by atoms with E-state index in [4.69, 9.17) is 10.2 Å². The molecule has 0 saturated carbocycles. The van der Waals surface area contributed by atoms with Gasteiger partial charge >= 0.3 is 10.2 Å². The molecule has 0 aromatic carbocycles. The van der Waals surface area contributed by atoms with Crippen molar-refractivity contribution in [2.45, 2.75) is 0 Å². The quantitative estimate of drug-likeness (QED) is 0.335. The molecule has 1 heterocycles. The zero-order chi connectivity index (χ0) is 9.11. The predicted molar refractivity (Wildman–Crippen MR) is 41.0 cm³/mol. The largest absolute Gasteiger partial charge is 1.00 e. The molecule has 1 N–H and O–H groups in total. The van der Waals surface area contributed by atoms with Crippen LogP contribution in [-0.4, -0.2) is 26.7 Å². The number of hydrogen-bond donors (Lipinski definition) is 1. The molecule has 16 heavy (non-hydrogen) atoms. The number of halogens is 4. The van der Waals surface area contributed by atoms with Gasteiger partial charge in [0.25, 0.3) is 0 Å². The van der Waals surface area contributed by atoms with Gasteiger partial charge in [-0.3, -0.25) is 4.21 Å². The Morgan fingerprint density at radius 2 is 1.50 bits per heavy atom. The second kappa shape index (κ2) is 44.7. The van der Waals surface area contributed by atoms with Crippen molar-refractivity contribution in [2.24, 2.45) is 0 Å². The van der Waals surface area contributed by atoms with Gasteiger partial charge in [-0.1, -0.05) is 0 Å². The van der Waals surface area contributed by atoms with Gasteiger partial charge in [0.1, 0.15) is 0 Å². The van der Waals surface area contributed by atoms with E-state index in [-0.39, 0.29) is 69.1 Å². The van der Waals surface area contributed by atoms with E-state index in [1.54, 1.807) is 31.2 Å². The van der Waals surface area contributed by atoms with Crippen molar-refractivity contribution in [3.63, 3.8) is 0 Å². The van der Waals surface area contributed by atoms with E-state index >= 15 is 0 Å². The topological polar surface area (TPSA) is 89.4 Å². The van der Waals surface area contributed by atoms with Crippen molar-refractivity contribution in [3.05, 3.63) is 18.7 Å². The van der Waals surface area contributed by atoms with Crippen LogP contribution < -0.4 is 49.6 Å². The van der Waals surface area contributed by atoms with Gasteiger partial charge in [-0.15, -0.1) is 0 Å². The molecule has 0 aliphatic rings. The Hall–Kier alpha value is 0.813. The van der Waals surface area contributed by atoms with Crippen LogP contribution in [0.25, 0.3) is 0 Å². The van der Waals surface area contributed by atoms with Crippen LogP contribution in [0.4, 0.5) is 0 Å². The van der Waals surface area contributed by atoms with Crippen LogP contribution in [0, 0.1) is 5.46 Å². The Morgan fingerprint density at radius 1 is 1.19 bits per heavy atom. The Kier molecular flexibility index (Phi) is 122. The van der Waals surface area contributed by atoms with Crippen LogP contribution in [0.2, 0.25) is 0 Å². The molecule has 1 rings (SSSR count). The molecule has 0 radical (unpaired) electrons. The van der Waals surface area contributed by atoms with Crippen LogP contribution in [0.5, 0.6) is 0 Å². The number of nitrogens with one attached hydrogen (secondary N) is 1. The normalized spacial score (nSPS) is 4.81. The monoisotopic (exact) mass is 418 g/mol. The van der Waals surface area contributed by atoms with Crippen LogP contribution in [0.1, 0.15) is 0 Å². The fourth-order valence-corrected chi connectivity index (χ4v) is 0.215. The molecule has 0 atom stereocenters. The molecular weight excluding hydrogens is 409 g/mol. The number of H-pyrrole nitrogens is 1. The van der Waals surface area contributed by atoms with Crippen molar-refractivity contribution < 1.29 is 78.1 Å². The number of nitrogens with zero attached hydrogens (tertiary/aromatic N) is 2. The number of hydrogen-bond acceptors (Lipinski definition) is 3. The second-order valence-electron chi connectivity index (χ2n) is 1.50. The van der Waals surface area contributed by atoms with E-state index in [2.05, 4.69) is 9.97 Å². The summed E-state index contributed by atoms with van der Waals surface area (Å²) < 4.78 is 16.8. The molecule has 0 aliphatic heterocycles. The third-order valence-corrected chi connectivity index (χ3v) is 0.406. The molecule has 11 heteroatoms. The molecular formula is C5H10Cl4N3O2RuS-3. The maximum absolute atomic E-state index is 9.56. The molecule has 0 amide bonds. The van der Waals surface area contributed by atoms with Gasteiger partial charge in [0, 0.05) is 55.2 Å². The molecule has 0 spiro atoms. The second-order valence-corrected chi connectivity index (χ2v) is 2.99. The van der Waals surface area contributed by atoms with E-state index in [0.717, 1.165) is 0 Å². The average Bonchev–Trinajstić information content (AvgIpc) is 2.44. The summed E-state index contributed by atoms with van der Waals surface area (Å²) in [6.07, 6.45) is 8.36. The zero-order valence-corrected chi connectivity index (χ0v) is 13.8. The molecule has 0 bridgehead atoms. The maximum Gasteiger partial charge on any atom is 0.0919 e. The first kappa shape index (κ1) is 43.7. The van der Waals surface area contributed by atoms with Gasteiger partial charge in [0.2, 0.25) is 0 Å². The molecule has 1 aromatic heterocycles. The smallest absolute Gasteiger partial charge is 0.0919 e. The third kappa shape index (κ3) is 83.6. The summed E-state index contributed by atoms with van der Waals surface area (Å²) in [5.41, 5.74) is 5.75. The zero-order valence-electron chi connectivity index (χ0n) is 8.22.